The van der Waals surface area contributed by atoms with Gasteiger partial charge in [0.05, 0.1) is 29.2 Å². The lowest BCUT2D eigenvalue weighted by Gasteiger charge is -2.11. The molecule has 0 radical (unpaired) electrons. The van der Waals surface area contributed by atoms with Crippen LogP contribution in [0.1, 0.15) is 31.4 Å². The van der Waals surface area contributed by atoms with E-state index in [9.17, 15) is 4.79 Å². The van der Waals surface area contributed by atoms with Gasteiger partial charge in [0.2, 0.25) is 0 Å². The third-order valence-corrected chi connectivity index (χ3v) is 7.08. The number of rotatable bonds is 9. The molecule has 1 amide bonds. The first kappa shape index (κ1) is 27.0. The summed E-state index contributed by atoms with van der Waals surface area (Å²) in [4.78, 5) is 13.9. The van der Waals surface area contributed by atoms with E-state index in [0.29, 0.717) is 29.5 Å². The number of amides is 1. The minimum atomic E-state index is -0.188. The smallest absolute Gasteiger partial charge is 0.281 e. The molecule has 1 aliphatic rings. The first-order valence-corrected chi connectivity index (χ1v) is 14.2. The summed E-state index contributed by atoms with van der Waals surface area (Å²) in [7, 11) is 0. The number of carbonyl (C=O) groups excluding carboxylic acids is 1. The van der Waals surface area contributed by atoms with E-state index >= 15 is 0 Å². The maximum atomic E-state index is 13.9. The van der Waals surface area contributed by atoms with Crippen LogP contribution in [0.5, 0.6) is 5.75 Å². The van der Waals surface area contributed by atoms with Crippen LogP contribution >= 0.6 is 0 Å². The third-order valence-electron chi connectivity index (χ3n) is 7.08. The van der Waals surface area contributed by atoms with E-state index in [1.54, 1.807) is 0 Å². The van der Waals surface area contributed by atoms with Crippen LogP contribution in [0, 0.1) is 5.92 Å². The fourth-order valence-corrected chi connectivity index (χ4v) is 4.81. The van der Waals surface area contributed by atoms with Crippen LogP contribution in [-0.4, -0.2) is 28.0 Å². The average molecular weight is 553 g/mol. The van der Waals surface area contributed by atoms with Crippen molar-refractivity contribution in [1.29, 1.82) is 0 Å². The lowest BCUT2D eigenvalue weighted by atomic mass is 9.99. The topological polar surface area (TPSA) is 59.7 Å². The highest BCUT2D eigenvalue weighted by Crippen LogP contribution is 2.32. The number of nitrogens with zero attached hydrogens (tertiary/aromatic N) is 4. The molecule has 0 saturated carbocycles. The Labute approximate surface area is 246 Å². The van der Waals surface area contributed by atoms with Crippen molar-refractivity contribution in [3.05, 3.63) is 138 Å². The lowest BCUT2D eigenvalue weighted by molar-refractivity contribution is -0.114. The van der Waals surface area contributed by atoms with Crippen LogP contribution < -0.4 is 9.75 Å². The van der Waals surface area contributed by atoms with Crippen molar-refractivity contribution < 1.29 is 9.53 Å². The van der Waals surface area contributed by atoms with E-state index < -0.39 is 0 Å². The van der Waals surface area contributed by atoms with Crippen molar-refractivity contribution in [3.8, 4) is 22.7 Å². The Bertz CT molecular complexity index is 1720. The Hall–Kier alpha value is -5.23. The Morgan fingerprint density at radius 2 is 1.38 bits per heavy atom. The van der Waals surface area contributed by atoms with Gasteiger partial charge in [0.25, 0.3) is 5.91 Å². The number of hydrogen-bond acceptors (Lipinski definition) is 4. The van der Waals surface area contributed by atoms with Gasteiger partial charge in [-0.3, -0.25) is 4.79 Å². The predicted molar refractivity (Wildman–Crippen MR) is 169 cm³/mol. The van der Waals surface area contributed by atoms with Gasteiger partial charge in [0.15, 0.2) is 0 Å². The summed E-state index contributed by atoms with van der Waals surface area (Å²) in [6.07, 6.45) is 4.87. The van der Waals surface area contributed by atoms with Gasteiger partial charge >= 0.3 is 0 Å². The highest BCUT2D eigenvalue weighted by atomic mass is 16.5. The van der Waals surface area contributed by atoms with Gasteiger partial charge in [-0.1, -0.05) is 80.6 Å². The first-order valence-electron chi connectivity index (χ1n) is 14.2. The number of carbonyl (C=O) groups is 1. The van der Waals surface area contributed by atoms with Crippen LogP contribution in [0.25, 0.3) is 23.0 Å². The van der Waals surface area contributed by atoms with Crippen molar-refractivity contribution in [1.82, 2.24) is 9.78 Å². The van der Waals surface area contributed by atoms with E-state index in [4.69, 9.17) is 14.9 Å². The number of aromatic nitrogens is 2. The molecule has 1 aromatic heterocycles. The summed E-state index contributed by atoms with van der Waals surface area (Å²) in [6, 6.07) is 37.3. The van der Waals surface area contributed by atoms with Crippen molar-refractivity contribution in [2.24, 2.45) is 11.0 Å². The van der Waals surface area contributed by atoms with E-state index in [1.165, 1.54) is 5.01 Å². The second-order valence-electron chi connectivity index (χ2n) is 10.6. The number of anilines is 1. The Morgan fingerprint density at radius 1 is 0.762 bits per heavy atom. The zero-order chi connectivity index (χ0) is 28.9. The zero-order valence-corrected chi connectivity index (χ0v) is 23.7. The van der Waals surface area contributed by atoms with Crippen LogP contribution in [0.2, 0.25) is 0 Å². The lowest BCUT2D eigenvalue weighted by Crippen LogP contribution is -2.21. The molecule has 0 spiro atoms. The summed E-state index contributed by atoms with van der Waals surface area (Å²) in [5, 5.41) is 11.2. The number of para-hydroxylation sites is 2. The van der Waals surface area contributed by atoms with Gasteiger partial charge in [-0.05, 0) is 66.9 Å². The van der Waals surface area contributed by atoms with Crippen LogP contribution in [0.15, 0.2) is 132 Å². The molecule has 0 bridgehead atoms. The first-order chi connectivity index (χ1) is 20.6. The summed E-state index contributed by atoms with van der Waals surface area (Å²) >= 11 is 0. The van der Waals surface area contributed by atoms with Gasteiger partial charge in [-0.25, -0.2) is 4.68 Å². The molecule has 0 aliphatic carbocycles. The van der Waals surface area contributed by atoms with Crippen LogP contribution in [-0.2, 0) is 4.79 Å². The molecule has 0 N–H and O–H groups in total. The molecular formula is C36H32N4O2. The third kappa shape index (κ3) is 5.79. The van der Waals surface area contributed by atoms with Crippen molar-refractivity contribution in [2.75, 3.05) is 11.6 Å². The molecule has 208 valence electrons. The number of hydrazone groups is 1. The number of ether oxygens (including phenoxy) is 1. The normalized spacial score (nSPS) is 14.1. The molecule has 0 atom stereocenters. The van der Waals surface area contributed by atoms with Crippen LogP contribution in [0.3, 0.4) is 0 Å². The molecule has 6 nitrogen and oxygen atoms in total. The molecule has 42 heavy (non-hydrogen) atoms. The number of benzene rings is 4. The van der Waals surface area contributed by atoms with Gasteiger partial charge in [0, 0.05) is 22.9 Å². The molecule has 0 unspecified atom stereocenters. The average Bonchev–Trinajstić information content (AvgIpc) is 3.60. The van der Waals surface area contributed by atoms with Gasteiger partial charge in [0.1, 0.15) is 11.5 Å². The molecule has 5 aromatic rings. The van der Waals surface area contributed by atoms with Gasteiger partial charge in [-0.2, -0.15) is 15.2 Å². The van der Waals surface area contributed by atoms with E-state index in [0.717, 1.165) is 40.2 Å². The molecule has 0 saturated heterocycles. The molecule has 0 fully saturated rings. The minimum absolute atomic E-state index is 0.188. The molecule has 2 heterocycles. The number of hydrogen-bond donors (Lipinski definition) is 0. The van der Waals surface area contributed by atoms with E-state index in [2.05, 4.69) is 13.8 Å². The largest absolute Gasteiger partial charge is 0.494 e. The summed E-state index contributed by atoms with van der Waals surface area (Å²) < 4.78 is 7.80. The van der Waals surface area contributed by atoms with Crippen LogP contribution in [0.4, 0.5) is 5.69 Å². The van der Waals surface area contributed by atoms with Gasteiger partial charge in [-0.15, -0.1) is 0 Å². The Kier molecular flexibility index (Phi) is 7.77. The highest BCUT2D eigenvalue weighted by molar-refractivity contribution is 6.37. The second-order valence-corrected chi connectivity index (χ2v) is 10.6. The molecule has 6 heteroatoms. The molecule has 1 aliphatic heterocycles. The Morgan fingerprint density at radius 3 is 2.02 bits per heavy atom. The van der Waals surface area contributed by atoms with E-state index in [-0.39, 0.29) is 5.91 Å². The van der Waals surface area contributed by atoms with Crippen molar-refractivity contribution in [3.63, 3.8) is 0 Å². The maximum Gasteiger partial charge on any atom is 0.281 e. The SMILES string of the molecule is CC(C)CCOc1ccc(-c2nn(-c3ccccc3)cc2C=C2C(=O)N(c3ccccc3)N=C2c2ccccc2)cc1. The highest BCUT2D eigenvalue weighted by Gasteiger charge is 2.32. The van der Waals surface area contributed by atoms with Crippen molar-refractivity contribution >= 4 is 23.4 Å². The standard InChI is InChI=1S/C36H32N4O2/c1-26(2)22-23-42-32-20-18-28(19-21-32)34-29(25-39(37-34)30-14-8-4-9-15-30)24-33-35(27-12-6-3-7-13-27)38-40(36(33)41)31-16-10-5-11-17-31/h3-21,24-26H,22-23H2,1-2H3. The minimum Gasteiger partial charge on any atom is -0.494 e. The maximum absolute atomic E-state index is 13.9. The summed E-state index contributed by atoms with van der Waals surface area (Å²) in [5.74, 6) is 1.22. The molecule has 4 aromatic carbocycles. The summed E-state index contributed by atoms with van der Waals surface area (Å²) in [5.41, 5.74) is 6.15. The quantitative estimate of drug-likeness (QED) is 0.175. The fraction of sp³-hybridized carbons (Fsp3) is 0.139. The van der Waals surface area contributed by atoms with Crippen molar-refractivity contribution in [2.45, 2.75) is 20.3 Å². The summed E-state index contributed by atoms with van der Waals surface area (Å²) in [6.45, 7) is 5.06. The Balaban J connectivity index is 1.43. The fourth-order valence-electron chi connectivity index (χ4n) is 4.81. The predicted octanol–water partition coefficient (Wildman–Crippen LogP) is 7.80. The van der Waals surface area contributed by atoms with E-state index in [1.807, 2.05) is 132 Å². The zero-order valence-electron chi connectivity index (χ0n) is 23.7. The second kappa shape index (κ2) is 12.1. The monoisotopic (exact) mass is 552 g/mol. The molecule has 6 rings (SSSR count). The van der Waals surface area contributed by atoms with Gasteiger partial charge < -0.3 is 4.74 Å². The molecular weight excluding hydrogens is 520 g/mol.